The van der Waals surface area contributed by atoms with Crippen molar-refractivity contribution in [2.24, 2.45) is 10.8 Å². The highest BCUT2D eigenvalue weighted by Crippen LogP contribution is 2.55. The normalized spacial score (nSPS) is 24.6. The fourth-order valence-electron chi connectivity index (χ4n) is 9.91. The van der Waals surface area contributed by atoms with E-state index in [1.54, 1.807) is 42.5 Å². The van der Waals surface area contributed by atoms with E-state index in [-0.39, 0.29) is 48.6 Å². The van der Waals surface area contributed by atoms with Crippen LogP contribution in [0.1, 0.15) is 101 Å². The lowest BCUT2D eigenvalue weighted by Gasteiger charge is -2.63. The van der Waals surface area contributed by atoms with Crippen LogP contribution >= 0.6 is 11.6 Å². The lowest BCUT2D eigenvalue weighted by Crippen LogP contribution is -2.74. The number of imide groups is 2. The molecule has 0 bridgehead atoms. The van der Waals surface area contributed by atoms with Gasteiger partial charge in [-0.25, -0.2) is 4.39 Å². The Kier molecular flexibility index (Phi) is 9.44. The number of carbonyl (C=O) groups excluding carboxylic acids is 5. The largest absolute Gasteiger partial charge is 0.489 e. The summed E-state index contributed by atoms with van der Waals surface area (Å²) in [6.07, 6.45) is 0.569. The van der Waals surface area contributed by atoms with Gasteiger partial charge < -0.3 is 15.0 Å². The fourth-order valence-corrected chi connectivity index (χ4v) is 10.1. The summed E-state index contributed by atoms with van der Waals surface area (Å²) < 4.78 is 22.7. The average Bonchev–Trinajstić information content (AvgIpc) is 3.67. The van der Waals surface area contributed by atoms with Gasteiger partial charge in [0.1, 0.15) is 29.6 Å². The van der Waals surface area contributed by atoms with Crippen molar-refractivity contribution in [1.29, 1.82) is 5.26 Å². The molecule has 14 heteroatoms. The van der Waals surface area contributed by atoms with E-state index in [0.717, 1.165) is 21.7 Å². The van der Waals surface area contributed by atoms with Gasteiger partial charge in [-0.15, -0.1) is 0 Å². The van der Waals surface area contributed by atoms with E-state index in [1.165, 1.54) is 0 Å². The Hall–Kier alpha value is -5.32. The zero-order valence-electron chi connectivity index (χ0n) is 32.3. The number of amides is 5. The number of alkyl halides is 1. The molecule has 4 aliphatic heterocycles. The molecule has 5 amide bonds. The molecule has 3 aromatic carbocycles. The number of ether oxygens (including phenoxy) is 1. The van der Waals surface area contributed by atoms with Crippen LogP contribution in [0.4, 0.5) is 10.1 Å². The molecule has 5 aliphatic rings. The second-order valence-corrected chi connectivity index (χ2v) is 17.7. The number of fused-ring (bicyclic) bond motifs is 2. The lowest BCUT2D eigenvalue weighted by molar-refractivity contribution is -0.164. The Labute approximate surface area is 335 Å². The quantitative estimate of drug-likeness (QED) is 0.280. The van der Waals surface area contributed by atoms with Gasteiger partial charge in [0.05, 0.1) is 21.7 Å². The van der Waals surface area contributed by atoms with Crippen molar-refractivity contribution in [2.45, 2.75) is 90.3 Å². The van der Waals surface area contributed by atoms with Gasteiger partial charge in [-0.05, 0) is 66.1 Å². The Morgan fingerprint density at radius 2 is 1.56 bits per heavy atom. The Morgan fingerprint density at radius 1 is 0.947 bits per heavy atom. The summed E-state index contributed by atoms with van der Waals surface area (Å²) in [6.45, 7) is 10.3. The van der Waals surface area contributed by atoms with Crippen LogP contribution in [0.2, 0.25) is 5.02 Å². The van der Waals surface area contributed by atoms with Crippen molar-refractivity contribution in [3.8, 4) is 11.8 Å². The van der Waals surface area contributed by atoms with Gasteiger partial charge in [0.2, 0.25) is 11.8 Å². The lowest BCUT2D eigenvalue weighted by atomic mass is 9.49. The van der Waals surface area contributed by atoms with Crippen molar-refractivity contribution in [1.82, 2.24) is 20.4 Å². The molecule has 57 heavy (non-hydrogen) atoms. The highest BCUT2D eigenvalue weighted by atomic mass is 35.5. The fraction of sp³-hybridized carbons (Fsp3) is 0.442. The van der Waals surface area contributed by atoms with Crippen LogP contribution in [0.15, 0.2) is 54.6 Å². The molecule has 0 spiro atoms. The summed E-state index contributed by atoms with van der Waals surface area (Å²) >= 11 is 6.23. The molecule has 3 aromatic rings. The first-order valence-corrected chi connectivity index (χ1v) is 19.7. The first-order chi connectivity index (χ1) is 27.0. The third-order valence-electron chi connectivity index (χ3n) is 12.6. The van der Waals surface area contributed by atoms with Gasteiger partial charge >= 0.3 is 0 Å². The van der Waals surface area contributed by atoms with Crippen molar-refractivity contribution in [3.63, 3.8) is 0 Å². The zero-order chi connectivity index (χ0) is 40.6. The van der Waals surface area contributed by atoms with Crippen LogP contribution in [0, 0.1) is 22.2 Å². The van der Waals surface area contributed by atoms with E-state index in [4.69, 9.17) is 16.3 Å². The van der Waals surface area contributed by atoms with Crippen LogP contribution in [-0.4, -0.2) is 82.8 Å². The van der Waals surface area contributed by atoms with Crippen LogP contribution < -0.4 is 20.3 Å². The van der Waals surface area contributed by atoms with E-state index >= 15 is 4.39 Å². The Balaban J connectivity index is 0.838. The summed E-state index contributed by atoms with van der Waals surface area (Å²) in [7, 11) is 0. The Bertz CT molecular complexity index is 2200. The van der Waals surface area contributed by atoms with Crippen LogP contribution in [-0.2, 0) is 22.7 Å². The van der Waals surface area contributed by atoms with Crippen molar-refractivity contribution < 1.29 is 33.1 Å². The zero-order valence-corrected chi connectivity index (χ0v) is 33.0. The predicted octanol–water partition coefficient (Wildman–Crippen LogP) is 5.55. The number of rotatable bonds is 8. The molecular formula is C43H44ClFN6O6. The molecule has 12 nitrogen and oxygen atoms in total. The molecule has 0 aromatic heterocycles. The number of carbonyl (C=O) groups is 5. The van der Waals surface area contributed by atoms with Gasteiger partial charge in [-0.3, -0.25) is 39.1 Å². The minimum atomic E-state index is -1.42. The van der Waals surface area contributed by atoms with E-state index < -0.39 is 46.2 Å². The highest BCUT2D eigenvalue weighted by Gasteiger charge is 2.64. The number of hydrogen-bond acceptors (Lipinski definition) is 9. The molecule has 0 radical (unpaired) electrons. The molecule has 3 fully saturated rings. The van der Waals surface area contributed by atoms with Gasteiger partial charge in [-0.1, -0.05) is 39.3 Å². The van der Waals surface area contributed by atoms with Crippen LogP contribution in [0.25, 0.3) is 0 Å². The maximum Gasteiger partial charge on any atom is 0.262 e. The standard InChI is InChI=1S/C43H44ClFN6O6/c1-41(2)39(42(3,4)40(41)57-29-10-7-25(20-46)32(44)19-29)48-35(53)24-5-8-28(9-6-24)50-15-13-43(45,14-16-50)23-49-21-26-17-30-31(18-27(26)22-49)38(56)51(37(30)55)33-11-12-34(52)47-36(33)54/h5-10,17-19,33,39-40H,11-16,21-23H2,1-4H3,(H,48,53)(H,47,52,54)/t33?,39-,40-. The summed E-state index contributed by atoms with van der Waals surface area (Å²) in [5.74, 6) is -1.79. The smallest absolute Gasteiger partial charge is 0.262 e. The van der Waals surface area contributed by atoms with Gasteiger partial charge in [0.15, 0.2) is 0 Å². The van der Waals surface area contributed by atoms with Crippen molar-refractivity contribution in [2.75, 3.05) is 24.5 Å². The predicted molar refractivity (Wildman–Crippen MR) is 208 cm³/mol. The molecular weight excluding hydrogens is 751 g/mol. The van der Waals surface area contributed by atoms with E-state index in [0.29, 0.717) is 60.9 Å². The van der Waals surface area contributed by atoms with Crippen LogP contribution in [0.5, 0.6) is 5.75 Å². The first-order valence-electron chi connectivity index (χ1n) is 19.3. The molecule has 296 valence electrons. The molecule has 8 rings (SSSR count). The second-order valence-electron chi connectivity index (χ2n) is 17.2. The molecule has 1 aliphatic carbocycles. The minimum Gasteiger partial charge on any atom is -0.489 e. The monoisotopic (exact) mass is 794 g/mol. The molecule has 2 N–H and O–H groups in total. The second kappa shape index (κ2) is 14.0. The number of hydrogen-bond donors (Lipinski definition) is 2. The number of benzene rings is 3. The molecule has 4 heterocycles. The van der Waals surface area contributed by atoms with E-state index in [9.17, 15) is 29.2 Å². The number of nitrogens with zero attached hydrogens (tertiary/aromatic N) is 4. The number of piperidine rings is 2. The topological polar surface area (TPSA) is 152 Å². The van der Waals surface area contributed by atoms with Crippen LogP contribution in [0.3, 0.4) is 0 Å². The van der Waals surface area contributed by atoms with Crippen molar-refractivity contribution in [3.05, 3.63) is 93.0 Å². The van der Waals surface area contributed by atoms with Gasteiger partial charge in [0, 0.05) is 86.2 Å². The minimum absolute atomic E-state index is 0.0558. The summed E-state index contributed by atoms with van der Waals surface area (Å²) in [5, 5.41) is 15.0. The summed E-state index contributed by atoms with van der Waals surface area (Å²) in [5.41, 5.74) is 1.78. The SMILES string of the molecule is CC1(C)[C@H](NC(=O)c2ccc(N3CCC(F)(CN4Cc5cc6c(cc5C4)C(=O)N(C4CCC(=O)NC4=O)C6=O)CC3)cc2)C(C)(C)[C@H]1Oc1ccc(C#N)c(Cl)c1. The third-order valence-corrected chi connectivity index (χ3v) is 13.0. The number of anilines is 1. The van der Waals surface area contributed by atoms with Gasteiger partial charge in [-0.2, -0.15) is 5.26 Å². The molecule has 1 saturated carbocycles. The van der Waals surface area contributed by atoms with E-state index in [1.807, 2.05) is 17.0 Å². The van der Waals surface area contributed by atoms with Gasteiger partial charge in [0.25, 0.3) is 17.7 Å². The molecule has 2 saturated heterocycles. The number of nitrogens with one attached hydrogen (secondary N) is 2. The number of nitriles is 1. The first kappa shape index (κ1) is 38.5. The van der Waals surface area contributed by atoms with Crippen molar-refractivity contribution >= 4 is 46.8 Å². The average molecular weight is 795 g/mol. The number of halogens is 2. The third kappa shape index (κ3) is 6.72. The summed E-state index contributed by atoms with van der Waals surface area (Å²) in [6, 6.07) is 16.7. The summed E-state index contributed by atoms with van der Waals surface area (Å²) in [4.78, 5) is 69.2. The molecule has 1 atom stereocenters. The Morgan fingerprint density at radius 3 is 2.12 bits per heavy atom. The maximum absolute atomic E-state index is 16.3. The highest BCUT2D eigenvalue weighted by molar-refractivity contribution is 6.31. The van der Waals surface area contributed by atoms with E-state index in [2.05, 4.69) is 49.3 Å². The maximum atomic E-state index is 16.3. The molecule has 1 unspecified atom stereocenters.